The van der Waals surface area contributed by atoms with Gasteiger partial charge in [0, 0.05) is 20.0 Å². The number of amides is 1. The fourth-order valence-corrected chi connectivity index (χ4v) is 2.65. The van der Waals surface area contributed by atoms with Crippen LogP contribution in [0.3, 0.4) is 0 Å². The topological polar surface area (TPSA) is 56.1 Å². The van der Waals surface area contributed by atoms with E-state index >= 15 is 0 Å². The fourth-order valence-electron chi connectivity index (χ4n) is 2.65. The second-order valence-corrected chi connectivity index (χ2v) is 6.21. The third kappa shape index (κ3) is 6.29. The predicted octanol–water partition coefficient (Wildman–Crippen LogP) is 3.62. The lowest BCUT2D eigenvalue weighted by molar-refractivity contribution is 0.0941. The predicted molar refractivity (Wildman–Crippen MR) is 103 cm³/mol. The Morgan fingerprint density at radius 3 is 2.85 bits per heavy atom. The second kappa shape index (κ2) is 10.3. The lowest BCUT2D eigenvalue weighted by Gasteiger charge is -2.09. The van der Waals surface area contributed by atoms with Gasteiger partial charge >= 0.3 is 0 Å². The number of aromatic nitrogens is 2. The fraction of sp³-hybridized carbons (Fsp3) is 0.429. The minimum Gasteiger partial charge on any atom is -0.494 e. The maximum Gasteiger partial charge on any atom is 0.269 e. The van der Waals surface area contributed by atoms with Gasteiger partial charge in [0.2, 0.25) is 0 Å². The van der Waals surface area contributed by atoms with E-state index in [0.29, 0.717) is 18.8 Å². The van der Waals surface area contributed by atoms with E-state index in [9.17, 15) is 4.79 Å². The van der Waals surface area contributed by atoms with Gasteiger partial charge in [-0.05, 0) is 56.9 Å². The highest BCUT2D eigenvalue weighted by molar-refractivity contribution is 5.92. The molecule has 1 aromatic heterocycles. The Morgan fingerprint density at radius 1 is 1.27 bits per heavy atom. The van der Waals surface area contributed by atoms with Crippen molar-refractivity contribution in [1.29, 1.82) is 0 Å². The summed E-state index contributed by atoms with van der Waals surface area (Å²) in [7, 11) is 1.77. The van der Waals surface area contributed by atoms with E-state index in [-0.39, 0.29) is 5.91 Å². The standard InChI is InChI=1S/C21H27N3O2/c1-4-5-6-7-8-9-13-26-19-12-10-11-18(15-19)16-22-21(25)20-14-17(2)23-24(20)3/h10-12,14-15H,6-9,13,16H2,1-3H3,(H,22,25). The molecule has 5 heteroatoms. The molecule has 2 rings (SSSR count). The van der Waals surface area contributed by atoms with E-state index in [1.165, 1.54) is 0 Å². The van der Waals surface area contributed by atoms with Gasteiger partial charge in [0.05, 0.1) is 12.3 Å². The van der Waals surface area contributed by atoms with Crippen LogP contribution in [0, 0.1) is 18.8 Å². The summed E-state index contributed by atoms with van der Waals surface area (Å²) in [5, 5.41) is 7.12. The Kier molecular flexibility index (Phi) is 7.75. The van der Waals surface area contributed by atoms with Crippen LogP contribution in [-0.4, -0.2) is 22.3 Å². The number of nitrogens with zero attached hydrogens (tertiary/aromatic N) is 2. The maximum atomic E-state index is 12.2. The minimum absolute atomic E-state index is 0.130. The summed E-state index contributed by atoms with van der Waals surface area (Å²) in [6.07, 6.45) is 4.21. The molecule has 1 N–H and O–H groups in total. The summed E-state index contributed by atoms with van der Waals surface area (Å²) < 4.78 is 7.40. The average Bonchev–Trinajstić information content (AvgIpc) is 2.97. The van der Waals surface area contributed by atoms with Crippen molar-refractivity contribution in [3.8, 4) is 17.6 Å². The number of carbonyl (C=O) groups excluding carboxylic acids is 1. The van der Waals surface area contributed by atoms with Gasteiger partial charge in [-0.15, -0.1) is 11.8 Å². The molecule has 1 aromatic carbocycles. The van der Waals surface area contributed by atoms with E-state index in [1.807, 2.05) is 38.1 Å². The van der Waals surface area contributed by atoms with Crippen LogP contribution in [0.5, 0.6) is 5.75 Å². The van der Waals surface area contributed by atoms with Crippen molar-refractivity contribution >= 4 is 5.91 Å². The number of nitrogens with one attached hydrogen (secondary N) is 1. The van der Waals surface area contributed by atoms with Crippen molar-refractivity contribution in [1.82, 2.24) is 15.1 Å². The zero-order chi connectivity index (χ0) is 18.8. The van der Waals surface area contributed by atoms with Crippen LogP contribution in [0.15, 0.2) is 30.3 Å². The van der Waals surface area contributed by atoms with Crippen LogP contribution in [0.4, 0.5) is 0 Å². The first-order valence-corrected chi connectivity index (χ1v) is 9.00. The molecule has 0 bridgehead atoms. The Morgan fingerprint density at radius 2 is 2.12 bits per heavy atom. The Hall–Kier alpha value is -2.74. The highest BCUT2D eigenvalue weighted by Crippen LogP contribution is 2.14. The van der Waals surface area contributed by atoms with Crippen LogP contribution < -0.4 is 10.1 Å². The molecule has 2 aromatic rings. The number of hydrogen-bond donors (Lipinski definition) is 1. The van der Waals surface area contributed by atoms with Gasteiger partial charge in [0.25, 0.3) is 5.91 Å². The Bertz CT molecular complexity index is 784. The maximum absolute atomic E-state index is 12.2. The normalized spacial score (nSPS) is 10.1. The summed E-state index contributed by atoms with van der Waals surface area (Å²) in [4.78, 5) is 12.2. The van der Waals surface area contributed by atoms with E-state index in [4.69, 9.17) is 4.74 Å². The van der Waals surface area contributed by atoms with Crippen molar-refractivity contribution in [2.75, 3.05) is 6.61 Å². The minimum atomic E-state index is -0.130. The monoisotopic (exact) mass is 353 g/mol. The van der Waals surface area contributed by atoms with Crippen LogP contribution in [-0.2, 0) is 13.6 Å². The van der Waals surface area contributed by atoms with Crippen molar-refractivity contribution in [2.45, 2.75) is 46.1 Å². The second-order valence-electron chi connectivity index (χ2n) is 6.21. The average molecular weight is 353 g/mol. The molecule has 1 amide bonds. The summed E-state index contributed by atoms with van der Waals surface area (Å²) in [5.74, 6) is 6.69. The van der Waals surface area contributed by atoms with Crippen LogP contribution >= 0.6 is 0 Å². The molecule has 0 fully saturated rings. The van der Waals surface area contributed by atoms with Crippen molar-refractivity contribution in [3.63, 3.8) is 0 Å². The van der Waals surface area contributed by atoms with Crippen molar-refractivity contribution < 1.29 is 9.53 Å². The number of benzene rings is 1. The largest absolute Gasteiger partial charge is 0.494 e. The van der Waals surface area contributed by atoms with Gasteiger partial charge in [-0.3, -0.25) is 9.48 Å². The summed E-state index contributed by atoms with van der Waals surface area (Å²) in [6.45, 7) is 4.89. The lowest BCUT2D eigenvalue weighted by Crippen LogP contribution is -2.25. The highest BCUT2D eigenvalue weighted by Gasteiger charge is 2.11. The SMILES string of the molecule is CC#CCCCCCOc1cccc(CNC(=O)c2cc(C)nn2C)c1. The smallest absolute Gasteiger partial charge is 0.269 e. The molecule has 5 nitrogen and oxygen atoms in total. The van der Waals surface area contributed by atoms with E-state index < -0.39 is 0 Å². The van der Waals surface area contributed by atoms with E-state index in [2.05, 4.69) is 22.3 Å². The molecule has 0 unspecified atom stereocenters. The molecule has 138 valence electrons. The van der Waals surface area contributed by atoms with E-state index in [0.717, 1.165) is 42.7 Å². The lowest BCUT2D eigenvalue weighted by atomic mass is 10.2. The zero-order valence-corrected chi connectivity index (χ0v) is 15.8. The number of carbonyl (C=O) groups is 1. The number of aryl methyl sites for hydroxylation is 2. The van der Waals surface area contributed by atoms with Gasteiger partial charge in [0.1, 0.15) is 11.4 Å². The Balaban J connectivity index is 1.76. The van der Waals surface area contributed by atoms with Crippen molar-refractivity contribution in [2.24, 2.45) is 7.05 Å². The molecule has 26 heavy (non-hydrogen) atoms. The number of ether oxygens (including phenoxy) is 1. The van der Waals surface area contributed by atoms with Gasteiger partial charge in [-0.25, -0.2) is 0 Å². The zero-order valence-electron chi connectivity index (χ0n) is 15.8. The van der Waals surface area contributed by atoms with Crippen LogP contribution in [0.2, 0.25) is 0 Å². The first-order valence-electron chi connectivity index (χ1n) is 9.00. The molecule has 0 saturated heterocycles. The molecule has 0 spiro atoms. The quantitative estimate of drug-likeness (QED) is 0.553. The summed E-state index contributed by atoms with van der Waals surface area (Å²) >= 11 is 0. The molecule has 1 heterocycles. The number of rotatable bonds is 9. The van der Waals surface area contributed by atoms with Gasteiger partial charge in [-0.1, -0.05) is 12.1 Å². The van der Waals surface area contributed by atoms with Gasteiger partial charge in [0.15, 0.2) is 0 Å². The van der Waals surface area contributed by atoms with Crippen LogP contribution in [0.25, 0.3) is 0 Å². The molecule has 0 radical (unpaired) electrons. The summed E-state index contributed by atoms with van der Waals surface area (Å²) in [6, 6.07) is 9.61. The number of hydrogen-bond acceptors (Lipinski definition) is 3. The molecule has 0 aliphatic carbocycles. The van der Waals surface area contributed by atoms with Gasteiger partial charge < -0.3 is 10.1 Å². The summed E-state index contributed by atoms with van der Waals surface area (Å²) in [5.41, 5.74) is 2.39. The highest BCUT2D eigenvalue weighted by atomic mass is 16.5. The molecule has 0 aliphatic rings. The molecular weight excluding hydrogens is 326 g/mol. The molecule has 0 atom stereocenters. The molecule has 0 aliphatic heterocycles. The van der Waals surface area contributed by atoms with Crippen LogP contribution in [0.1, 0.15) is 54.4 Å². The number of unbranched alkanes of at least 4 members (excludes halogenated alkanes) is 3. The molecular formula is C21H27N3O2. The third-order valence-corrected chi connectivity index (χ3v) is 3.98. The van der Waals surface area contributed by atoms with Crippen molar-refractivity contribution in [3.05, 3.63) is 47.3 Å². The Labute approximate surface area is 155 Å². The third-order valence-electron chi connectivity index (χ3n) is 3.98. The first-order chi connectivity index (χ1) is 12.6. The first kappa shape index (κ1) is 19.6. The molecule has 0 saturated carbocycles. The van der Waals surface area contributed by atoms with Gasteiger partial charge in [-0.2, -0.15) is 5.10 Å². The van der Waals surface area contributed by atoms with E-state index in [1.54, 1.807) is 17.8 Å².